The molecule has 298 valence electrons. The fraction of sp³-hybridized carbons (Fsp3) is 0.946. The molecule has 0 aliphatic carbocycles. The van der Waals surface area contributed by atoms with Gasteiger partial charge in [-0.1, -0.05) is 27.7 Å². The van der Waals surface area contributed by atoms with E-state index >= 15 is 0 Å². The van der Waals surface area contributed by atoms with Crippen molar-refractivity contribution in [2.24, 2.45) is 23.7 Å². The van der Waals surface area contributed by atoms with E-state index in [9.17, 15) is 35.1 Å². The van der Waals surface area contributed by atoms with Crippen molar-refractivity contribution >= 4 is 11.8 Å². The Morgan fingerprint density at radius 2 is 1.49 bits per heavy atom. The summed E-state index contributed by atoms with van der Waals surface area (Å²) in [5.41, 5.74) is -4.84. The van der Waals surface area contributed by atoms with Gasteiger partial charge in [-0.2, -0.15) is 0 Å². The van der Waals surface area contributed by atoms with Gasteiger partial charge in [0.1, 0.15) is 29.7 Å². The maximum Gasteiger partial charge on any atom is 0.311 e. The summed E-state index contributed by atoms with van der Waals surface area (Å²) in [6.45, 7) is 16.3. The molecule has 3 rings (SSSR count). The lowest BCUT2D eigenvalue weighted by Gasteiger charge is -2.49. The van der Waals surface area contributed by atoms with Crippen LogP contribution < -0.4 is 0 Å². The van der Waals surface area contributed by atoms with Gasteiger partial charge >= 0.3 is 5.97 Å². The predicted molar refractivity (Wildman–Crippen MR) is 186 cm³/mol. The van der Waals surface area contributed by atoms with Crippen LogP contribution in [0.3, 0.4) is 0 Å². The van der Waals surface area contributed by atoms with Crippen LogP contribution in [0.5, 0.6) is 0 Å². The van der Waals surface area contributed by atoms with Gasteiger partial charge in [-0.25, -0.2) is 0 Å². The fourth-order valence-corrected chi connectivity index (χ4v) is 8.41. The van der Waals surface area contributed by atoms with Gasteiger partial charge in [0.25, 0.3) is 0 Å². The number of ketones is 1. The van der Waals surface area contributed by atoms with Crippen molar-refractivity contribution < 1.29 is 63.5 Å². The Kier molecular flexibility index (Phi) is 14.7. The number of carbonyl (C=O) groups excluding carboxylic acids is 2. The molecule has 0 spiro atoms. The van der Waals surface area contributed by atoms with Gasteiger partial charge < -0.3 is 58.9 Å². The third kappa shape index (κ3) is 9.51. The Hall–Kier alpha value is -1.30. The summed E-state index contributed by atoms with van der Waals surface area (Å²) in [7, 11) is 5.18. The molecule has 51 heavy (non-hydrogen) atoms. The normalized spacial score (nSPS) is 49.7. The van der Waals surface area contributed by atoms with E-state index in [1.165, 1.54) is 27.9 Å². The fourth-order valence-electron chi connectivity index (χ4n) is 8.41. The summed E-state index contributed by atoms with van der Waals surface area (Å²) in [5.74, 6) is -4.98. The number of nitrogens with zero attached hydrogens (tertiary/aromatic N) is 1. The first kappa shape index (κ1) is 44.1. The largest absolute Gasteiger partial charge is 0.459 e. The molecule has 18 atom stereocenters. The van der Waals surface area contributed by atoms with Crippen LogP contribution in [0, 0.1) is 23.7 Å². The second-order valence-corrected chi connectivity index (χ2v) is 16.5. The third-order valence-corrected chi connectivity index (χ3v) is 11.8. The smallest absolute Gasteiger partial charge is 0.311 e. The molecule has 3 saturated heterocycles. The molecule has 0 radical (unpaired) electrons. The van der Waals surface area contributed by atoms with Crippen LogP contribution in [0.15, 0.2) is 0 Å². The minimum absolute atomic E-state index is 0.0936. The Morgan fingerprint density at radius 1 is 0.882 bits per heavy atom. The zero-order chi connectivity index (χ0) is 39.0. The molecule has 0 amide bonds. The van der Waals surface area contributed by atoms with E-state index in [1.54, 1.807) is 41.5 Å². The molecule has 14 heteroatoms. The Labute approximate surface area is 304 Å². The van der Waals surface area contributed by atoms with Gasteiger partial charge in [-0.05, 0) is 74.9 Å². The average Bonchev–Trinajstić information content (AvgIpc) is 3.05. The van der Waals surface area contributed by atoms with Crippen LogP contribution in [0.25, 0.3) is 0 Å². The van der Waals surface area contributed by atoms with Crippen LogP contribution in [0.1, 0.15) is 94.9 Å². The molecular formula is C37H67NO13. The number of cyclic esters (lactones) is 1. The number of ether oxygens (including phenoxy) is 6. The highest BCUT2D eigenvalue weighted by Crippen LogP contribution is 2.40. The molecule has 3 heterocycles. The van der Waals surface area contributed by atoms with E-state index in [2.05, 4.69) is 0 Å². The number of methoxy groups -OCH3 is 1. The highest BCUT2D eigenvalue weighted by molar-refractivity contribution is 5.83. The minimum Gasteiger partial charge on any atom is -0.459 e. The number of hydrogen-bond donors (Lipinski definition) is 5. The Bertz CT molecular complexity index is 1170. The Balaban J connectivity index is 2.18. The van der Waals surface area contributed by atoms with Gasteiger partial charge in [0.05, 0.1) is 47.6 Å². The quantitative estimate of drug-likeness (QED) is 0.187. The summed E-state index contributed by atoms with van der Waals surface area (Å²) >= 11 is 0. The molecule has 0 bridgehead atoms. The predicted octanol–water partition coefficient (Wildman–Crippen LogP) is 1.79. The molecule has 5 N–H and O–H groups in total. The van der Waals surface area contributed by atoms with E-state index < -0.39 is 108 Å². The van der Waals surface area contributed by atoms with Crippen LogP contribution >= 0.6 is 0 Å². The first-order valence-electron chi connectivity index (χ1n) is 18.5. The zero-order valence-corrected chi connectivity index (χ0v) is 32.9. The van der Waals surface area contributed by atoms with Crippen molar-refractivity contribution in [3.8, 4) is 0 Å². The first-order valence-corrected chi connectivity index (χ1v) is 18.5. The zero-order valence-electron chi connectivity index (χ0n) is 32.9. The van der Waals surface area contributed by atoms with E-state index in [0.717, 1.165) is 0 Å². The lowest BCUT2D eigenvalue weighted by atomic mass is 9.80. The molecule has 0 aromatic heterocycles. The van der Waals surface area contributed by atoms with Crippen molar-refractivity contribution in [3.63, 3.8) is 0 Å². The topological polar surface area (TPSA) is 194 Å². The number of esters is 1. The molecule has 0 saturated carbocycles. The SMILES string of the molecule is CO[C@]1(C)C[C@H](O[C@H]2[C@H]([13CH3])[C@@H](O[C@@H]3O[C@H](C)C[C@H](N(C)C)[C@H]3O)[C@]([13CH3])(O)C[C@@H]([13CH3])C(=O)[C@H]([13CH3])[C@@H](O)[C@]([13CH3])(O)[C@@H](C[13CH3])OC(=O)[C@@H]2[13CH3])O[C@@H](C)[C@@H]1O. The van der Waals surface area contributed by atoms with Gasteiger partial charge in [0.15, 0.2) is 12.6 Å². The molecule has 3 aliphatic rings. The van der Waals surface area contributed by atoms with Gasteiger partial charge in [-0.15, -0.1) is 0 Å². The first-order chi connectivity index (χ1) is 23.4. The van der Waals surface area contributed by atoms with Crippen LogP contribution in [0.2, 0.25) is 0 Å². The second-order valence-electron chi connectivity index (χ2n) is 16.5. The van der Waals surface area contributed by atoms with Gasteiger partial charge in [0, 0.05) is 37.3 Å². The summed E-state index contributed by atoms with van der Waals surface area (Å²) in [5, 5.41) is 57.6. The van der Waals surface area contributed by atoms with Crippen LogP contribution in [0.4, 0.5) is 0 Å². The molecule has 0 unspecified atom stereocenters. The number of Topliss-reactive ketones (excluding diaryl/α,β-unsaturated/α-hetero) is 1. The number of aliphatic hydroxyl groups excluding tert-OH is 3. The highest BCUT2D eigenvalue weighted by Gasteiger charge is 2.53. The van der Waals surface area contributed by atoms with Crippen molar-refractivity contribution in [2.75, 3.05) is 21.2 Å². The minimum atomic E-state index is -1.99. The van der Waals surface area contributed by atoms with Crippen LogP contribution in [-0.2, 0) is 38.0 Å². The molecular weight excluding hydrogens is 673 g/mol. The highest BCUT2D eigenvalue weighted by atomic mass is 16.7. The van der Waals surface area contributed by atoms with E-state index in [-0.39, 0.29) is 31.4 Å². The van der Waals surface area contributed by atoms with E-state index in [4.69, 9.17) is 28.4 Å². The van der Waals surface area contributed by atoms with Gasteiger partial charge in [-0.3, -0.25) is 9.59 Å². The lowest BCUT2D eigenvalue weighted by Crippen LogP contribution is -2.61. The number of likely N-dealkylation sites (N-methyl/N-ethyl adjacent to an activating group) is 1. The third-order valence-electron chi connectivity index (χ3n) is 11.8. The van der Waals surface area contributed by atoms with Crippen molar-refractivity contribution in [1.82, 2.24) is 4.90 Å². The molecule has 14 nitrogen and oxygen atoms in total. The molecule has 0 aromatic carbocycles. The average molecular weight is 741 g/mol. The second kappa shape index (κ2) is 17.0. The molecule has 3 fully saturated rings. The van der Waals surface area contributed by atoms with Gasteiger partial charge in [0.2, 0.25) is 0 Å². The van der Waals surface area contributed by atoms with Crippen molar-refractivity contribution in [2.45, 2.75) is 179 Å². The number of hydrogen-bond acceptors (Lipinski definition) is 14. The number of carbonyl (C=O) groups is 2. The van der Waals surface area contributed by atoms with Crippen LogP contribution in [-0.4, -0.2) is 148 Å². The standard InChI is InChI=1S/C37H67NO13/c1-14-25-37(10,45)30(41)20(4)27(39)18(2)16-35(8,44)32(51-34-28(40)24(38(11)12)15-19(3)47-34)21(5)29(22(6)33(43)49-25)50-26-17-36(9,46-13)31(42)23(7)48-26/h18-26,28-32,34,40-42,44-45H,14-17H2,1-13H3/t18-,19-,20+,21+,22-,23+,24+,25-,26+,28-,29+,30-,31+,32-,34+,35-,36-,37-/m1/s1/i1+1,2+1,4+1,5+1,6+1,8+1,10+1. The Morgan fingerprint density at radius 3 is 2.04 bits per heavy atom. The maximum absolute atomic E-state index is 14.1. The summed E-state index contributed by atoms with van der Waals surface area (Å²) in [6, 6.07) is -0.324. The summed E-state index contributed by atoms with van der Waals surface area (Å²) < 4.78 is 37.1. The number of rotatable bonds is 7. The molecule has 0 aromatic rings. The monoisotopic (exact) mass is 740 g/mol. The van der Waals surface area contributed by atoms with E-state index in [0.29, 0.717) is 6.42 Å². The summed E-state index contributed by atoms with van der Waals surface area (Å²) in [6.07, 6.45) is -9.71. The van der Waals surface area contributed by atoms with E-state index in [1.807, 2.05) is 25.9 Å². The summed E-state index contributed by atoms with van der Waals surface area (Å²) in [4.78, 5) is 29.8. The number of aliphatic hydroxyl groups is 5. The van der Waals surface area contributed by atoms with Crippen molar-refractivity contribution in [1.29, 1.82) is 0 Å². The van der Waals surface area contributed by atoms with Crippen molar-refractivity contribution in [3.05, 3.63) is 0 Å². The maximum atomic E-state index is 14.1. The molecule has 3 aliphatic heterocycles. The lowest BCUT2D eigenvalue weighted by molar-refractivity contribution is -0.318.